The largest absolute Gasteiger partial charge is 0.0836 e. The molecule has 0 bridgehead atoms. The van der Waals surface area contributed by atoms with Gasteiger partial charge in [0.1, 0.15) is 0 Å². The highest BCUT2D eigenvalue weighted by molar-refractivity contribution is 6.52. The average molecular weight is 314 g/mol. The third kappa shape index (κ3) is 1.68. The van der Waals surface area contributed by atoms with Crippen molar-refractivity contribution >= 4 is 67.9 Å². The molecule has 0 aliphatic carbocycles. The molecular formula is C14H4Cl4. The van der Waals surface area contributed by atoms with Gasteiger partial charge in [0.05, 0.1) is 10.0 Å². The smallest absolute Gasteiger partial charge is 0.0677 e. The van der Waals surface area contributed by atoms with Gasteiger partial charge >= 0.3 is 0 Å². The molecule has 0 saturated carbocycles. The van der Waals surface area contributed by atoms with Crippen LogP contribution in [0.1, 0.15) is 0 Å². The Kier molecular flexibility index (Phi) is 3.07. The normalized spacial score (nSPS) is 11.3. The molecule has 3 rings (SSSR count). The van der Waals surface area contributed by atoms with E-state index < -0.39 is 0 Å². The van der Waals surface area contributed by atoms with Crippen molar-refractivity contribution in [1.29, 1.82) is 0 Å². The standard InChI is InChI=1S/C14H4Cl4/c15-9-5-1-3-7-11(9)12-8(14(18)13(7)17)4-2-6-10(12)16/h3-6H. The molecule has 3 aromatic rings. The molecule has 3 aromatic carbocycles. The molecule has 0 spiro atoms. The molecular weight excluding hydrogens is 310 g/mol. The maximum absolute atomic E-state index is 6.26. The maximum atomic E-state index is 6.26. The van der Waals surface area contributed by atoms with Crippen LogP contribution in [0.2, 0.25) is 20.1 Å². The minimum Gasteiger partial charge on any atom is -0.0836 e. The monoisotopic (exact) mass is 312 g/mol. The van der Waals surface area contributed by atoms with E-state index in [1.807, 2.05) is 0 Å². The summed E-state index contributed by atoms with van der Waals surface area (Å²) in [4.78, 5) is 0. The van der Waals surface area contributed by atoms with Crippen LogP contribution in [0.25, 0.3) is 21.5 Å². The SMILES string of the molecule is Clc1c(Cl)c2c[c]cc(Cl)c2c2c(Cl)c[c]cc12. The van der Waals surface area contributed by atoms with Crippen LogP contribution in [-0.2, 0) is 0 Å². The van der Waals surface area contributed by atoms with Gasteiger partial charge in [0.25, 0.3) is 0 Å². The summed E-state index contributed by atoms with van der Waals surface area (Å²) in [6.45, 7) is 0. The molecule has 0 fully saturated rings. The fourth-order valence-corrected chi connectivity index (χ4v) is 3.05. The maximum Gasteiger partial charge on any atom is 0.0677 e. The Bertz CT molecular complexity index is 711. The first-order chi connectivity index (χ1) is 8.61. The van der Waals surface area contributed by atoms with Crippen molar-refractivity contribution in [2.75, 3.05) is 0 Å². The van der Waals surface area contributed by atoms with Crippen LogP contribution in [0.5, 0.6) is 0 Å². The van der Waals surface area contributed by atoms with E-state index in [1.165, 1.54) is 0 Å². The molecule has 0 saturated heterocycles. The second-order valence-electron chi connectivity index (χ2n) is 3.81. The summed E-state index contributed by atoms with van der Waals surface area (Å²) in [6, 6.07) is 12.7. The highest BCUT2D eigenvalue weighted by atomic mass is 35.5. The number of hydrogen-bond acceptors (Lipinski definition) is 0. The van der Waals surface area contributed by atoms with Crippen LogP contribution in [-0.4, -0.2) is 0 Å². The number of benzene rings is 3. The molecule has 18 heavy (non-hydrogen) atoms. The van der Waals surface area contributed by atoms with E-state index in [4.69, 9.17) is 46.4 Å². The number of rotatable bonds is 0. The predicted octanol–water partition coefficient (Wildman–Crippen LogP) is 6.21. The Morgan fingerprint density at radius 1 is 0.611 bits per heavy atom. The van der Waals surface area contributed by atoms with Crippen molar-refractivity contribution in [1.82, 2.24) is 0 Å². The van der Waals surface area contributed by atoms with Gasteiger partial charge in [-0.05, 0) is 36.4 Å². The lowest BCUT2D eigenvalue weighted by molar-refractivity contribution is 1.74. The third-order valence-electron chi connectivity index (χ3n) is 2.81. The number of fused-ring (bicyclic) bond motifs is 3. The summed E-state index contributed by atoms with van der Waals surface area (Å²) in [5.41, 5.74) is 0. The second-order valence-corrected chi connectivity index (χ2v) is 5.38. The Morgan fingerprint density at radius 3 is 1.39 bits per heavy atom. The van der Waals surface area contributed by atoms with Gasteiger partial charge in [-0.25, -0.2) is 0 Å². The van der Waals surface area contributed by atoms with E-state index in [0.717, 1.165) is 21.5 Å². The van der Waals surface area contributed by atoms with Gasteiger partial charge in [-0.1, -0.05) is 46.4 Å². The lowest BCUT2D eigenvalue weighted by atomic mass is 10.0. The van der Waals surface area contributed by atoms with Crippen molar-refractivity contribution in [3.05, 3.63) is 56.5 Å². The lowest BCUT2D eigenvalue weighted by Crippen LogP contribution is -1.84. The van der Waals surface area contributed by atoms with Crippen molar-refractivity contribution in [3.63, 3.8) is 0 Å². The summed E-state index contributed by atoms with van der Waals surface area (Å²) >= 11 is 25.0. The average Bonchev–Trinajstić information content (AvgIpc) is 2.36. The predicted molar refractivity (Wildman–Crippen MR) is 79.2 cm³/mol. The summed E-state index contributed by atoms with van der Waals surface area (Å²) in [6.07, 6.45) is 0. The third-order valence-corrected chi connectivity index (χ3v) is 4.29. The zero-order valence-electron chi connectivity index (χ0n) is 8.82. The first kappa shape index (κ1) is 12.4. The molecule has 0 amide bonds. The Morgan fingerprint density at radius 2 is 1.00 bits per heavy atom. The summed E-state index contributed by atoms with van der Waals surface area (Å²) < 4.78 is 0. The highest BCUT2D eigenvalue weighted by Crippen LogP contribution is 2.43. The Labute approximate surface area is 124 Å². The minimum absolute atomic E-state index is 0.452. The first-order valence-corrected chi connectivity index (χ1v) is 6.58. The molecule has 0 atom stereocenters. The molecule has 0 heterocycles. The molecule has 0 nitrogen and oxygen atoms in total. The zero-order valence-corrected chi connectivity index (χ0v) is 11.8. The molecule has 0 aliphatic rings. The van der Waals surface area contributed by atoms with Gasteiger partial charge in [0, 0.05) is 31.6 Å². The van der Waals surface area contributed by atoms with Crippen LogP contribution in [0.15, 0.2) is 24.3 Å². The second kappa shape index (κ2) is 4.47. The fraction of sp³-hybridized carbons (Fsp3) is 0. The first-order valence-electron chi connectivity index (χ1n) is 5.07. The van der Waals surface area contributed by atoms with Crippen LogP contribution in [0.4, 0.5) is 0 Å². The van der Waals surface area contributed by atoms with E-state index in [2.05, 4.69) is 12.1 Å². The summed E-state index contributed by atoms with van der Waals surface area (Å²) in [5, 5.41) is 5.07. The molecule has 0 unspecified atom stereocenters. The van der Waals surface area contributed by atoms with Gasteiger partial charge in [-0.3, -0.25) is 0 Å². The highest BCUT2D eigenvalue weighted by Gasteiger charge is 2.15. The van der Waals surface area contributed by atoms with E-state index in [0.29, 0.717) is 20.1 Å². The topological polar surface area (TPSA) is 0 Å². The summed E-state index contributed by atoms with van der Waals surface area (Å²) in [5.74, 6) is 0. The summed E-state index contributed by atoms with van der Waals surface area (Å²) in [7, 11) is 0. The van der Waals surface area contributed by atoms with Gasteiger partial charge in [0.2, 0.25) is 0 Å². The Balaban J connectivity index is 2.75. The van der Waals surface area contributed by atoms with Crippen LogP contribution in [0.3, 0.4) is 0 Å². The zero-order chi connectivity index (χ0) is 12.9. The van der Waals surface area contributed by atoms with E-state index in [-0.39, 0.29) is 0 Å². The van der Waals surface area contributed by atoms with Crippen molar-refractivity contribution in [2.45, 2.75) is 0 Å². The van der Waals surface area contributed by atoms with Crippen LogP contribution < -0.4 is 0 Å². The molecule has 0 aromatic heterocycles. The molecule has 4 heteroatoms. The van der Waals surface area contributed by atoms with Gasteiger partial charge < -0.3 is 0 Å². The molecule has 2 radical (unpaired) electrons. The van der Waals surface area contributed by atoms with E-state index in [9.17, 15) is 0 Å². The molecule has 88 valence electrons. The van der Waals surface area contributed by atoms with E-state index in [1.54, 1.807) is 24.3 Å². The quantitative estimate of drug-likeness (QED) is 0.433. The van der Waals surface area contributed by atoms with Gasteiger partial charge in [-0.2, -0.15) is 0 Å². The van der Waals surface area contributed by atoms with Gasteiger partial charge in [0.15, 0.2) is 0 Å². The minimum atomic E-state index is 0.452. The molecule has 0 N–H and O–H groups in total. The lowest BCUT2D eigenvalue weighted by Gasteiger charge is -2.11. The van der Waals surface area contributed by atoms with Crippen LogP contribution in [0, 0.1) is 12.1 Å². The fourth-order valence-electron chi connectivity index (χ4n) is 2.03. The van der Waals surface area contributed by atoms with Crippen molar-refractivity contribution < 1.29 is 0 Å². The van der Waals surface area contributed by atoms with Gasteiger partial charge in [-0.15, -0.1) is 0 Å². The van der Waals surface area contributed by atoms with Crippen molar-refractivity contribution in [2.24, 2.45) is 0 Å². The van der Waals surface area contributed by atoms with E-state index >= 15 is 0 Å². The van der Waals surface area contributed by atoms with Crippen LogP contribution >= 0.6 is 46.4 Å². The number of halogens is 4. The number of hydrogen-bond donors (Lipinski definition) is 0. The molecule has 0 aliphatic heterocycles. The Hall–Kier alpha value is -0.660. The van der Waals surface area contributed by atoms with Crippen molar-refractivity contribution in [3.8, 4) is 0 Å².